The summed E-state index contributed by atoms with van der Waals surface area (Å²) < 4.78 is 5.59. The molecular weight excluding hydrogens is 314 g/mol. The lowest BCUT2D eigenvalue weighted by Crippen LogP contribution is -2.30. The number of rotatable bonds is 5. The van der Waals surface area contributed by atoms with Gasteiger partial charge >= 0.3 is 0 Å². The molecule has 2 aromatic rings. The average Bonchev–Trinajstić information content (AvgIpc) is 3.10. The molecular formula is C19H25N5O. The first-order valence-electron chi connectivity index (χ1n) is 9.45. The summed E-state index contributed by atoms with van der Waals surface area (Å²) in [6.07, 6.45) is 7.16. The summed E-state index contributed by atoms with van der Waals surface area (Å²) in [6.45, 7) is 7.61. The average molecular weight is 339 g/mol. The Balaban J connectivity index is 1.17. The number of fused-ring (bicyclic) bond motifs is 1. The Kier molecular flexibility index (Phi) is 3.73. The summed E-state index contributed by atoms with van der Waals surface area (Å²) in [4.78, 5) is 18.2. The molecule has 2 aliphatic heterocycles. The van der Waals surface area contributed by atoms with Crippen LogP contribution in [0.1, 0.15) is 36.1 Å². The molecule has 0 spiro atoms. The molecule has 0 N–H and O–H groups in total. The summed E-state index contributed by atoms with van der Waals surface area (Å²) >= 11 is 0. The molecule has 6 nitrogen and oxygen atoms in total. The van der Waals surface area contributed by atoms with Gasteiger partial charge in [-0.3, -0.25) is 0 Å². The summed E-state index contributed by atoms with van der Waals surface area (Å²) in [5, 5.41) is 0. The van der Waals surface area contributed by atoms with E-state index in [2.05, 4.69) is 30.8 Å². The van der Waals surface area contributed by atoms with Gasteiger partial charge in [-0.15, -0.1) is 0 Å². The zero-order chi connectivity index (χ0) is 16.8. The van der Waals surface area contributed by atoms with Crippen molar-refractivity contribution in [1.29, 1.82) is 0 Å². The SMILES string of the molecule is Cc1ncc(CCN2CC3CN(c4cc(C5CC5)ncn4)CC3C2)o1. The lowest BCUT2D eigenvalue weighted by atomic mass is 10.0. The molecule has 0 radical (unpaired) electrons. The highest BCUT2D eigenvalue weighted by Crippen LogP contribution is 2.40. The van der Waals surface area contributed by atoms with Crippen molar-refractivity contribution >= 4 is 5.82 Å². The number of hydrogen-bond donors (Lipinski definition) is 0. The highest BCUT2D eigenvalue weighted by molar-refractivity contribution is 5.42. The minimum absolute atomic E-state index is 0.694. The van der Waals surface area contributed by atoms with Crippen LogP contribution in [0.2, 0.25) is 0 Å². The van der Waals surface area contributed by atoms with Gasteiger partial charge in [0.2, 0.25) is 0 Å². The molecule has 2 aromatic heterocycles. The van der Waals surface area contributed by atoms with Crippen LogP contribution in [0.5, 0.6) is 0 Å². The first kappa shape index (κ1) is 15.3. The highest BCUT2D eigenvalue weighted by Gasteiger charge is 2.40. The van der Waals surface area contributed by atoms with Gasteiger partial charge in [0.1, 0.15) is 17.9 Å². The maximum Gasteiger partial charge on any atom is 0.191 e. The second-order valence-electron chi connectivity index (χ2n) is 7.86. The Morgan fingerprint density at radius 3 is 2.56 bits per heavy atom. The molecule has 5 rings (SSSR count). The summed E-state index contributed by atoms with van der Waals surface area (Å²) in [6, 6.07) is 2.22. The van der Waals surface area contributed by atoms with E-state index in [-0.39, 0.29) is 0 Å². The third kappa shape index (κ3) is 3.15. The number of likely N-dealkylation sites (tertiary alicyclic amines) is 1. The van der Waals surface area contributed by atoms with E-state index in [9.17, 15) is 0 Å². The Morgan fingerprint density at radius 2 is 1.88 bits per heavy atom. The topological polar surface area (TPSA) is 58.3 Å². The molecule has 132 valence electrons. The fraction of sp³-hybridized carbons (Fsp3) is 0.632. The number of aromatic nitrogens is 3. The van der Waals surface area contributed by atoms with E-state index in [1.807, 2.05) is 13.1 Å². The zero-order valence-electron chi connectivity index (χ0n) is 14.8. The van der Waals surface area contributed by atoms with Gasteiger partial charge in [0.15, 0.2) is 5.89 Å². The van der Waals surface area contributed by atoms with Gasteiger partial charge in [0.05, 0.1) is 6.20 Å². The van der Waals surface area contributed by atoms with E-state index < -0.39 is 0 Å². The van der Waals surface area contributed by atoms with Gasteiger partial charge in [0, 0.05) is 63.7 Å². The first-order chi connectivity index (χ1) is 12.2. The van der Waals surface area contributed by atoms with Gasteiger partial charge in [-0.05, 0) is 24.7 Å². The van der Waals surface area contributed by atoms with Crippen LogP contribution < -0.4 is 4.90 Å². The van der Waals surface area contributed by atoms with Crippen LogP contribution in [-0.2, 0) is 6.42 Å². The largest absolute Gasteiger partial charge is 0.446 e. The van der Waals surface area contributed by atoms with Crippen molar-refractivity contribution < 1.29 is 4.42 Å². The van der Waals surface area contributed by atoms with E-state index in [0.29, 0.717) is 5.92 Å². The molecule has 3 fully saturated rings. The van der Waals surface area contributed by atoms with Crippen molar-refractivity contribution in [3.8, 4) is 0 Å². The summed E-state index contributed by atoms with van der Waals surface area (Å²) in [5.41, 5.74) is 1.24. The maximum absolute atomic E-state index is 5.59. The number of oxazole rings is 1. The normalized spacial score (nSPS) is 26.4. The van der Waals surface area contributed by atoms with E-state index in [0.717, 1.165) is 55.4 Å². The molecule has 25 heavy (non-hydrogen) atoms. The number of anilines is 1. The van der Waals surface area contributed by atoms with Gasteiger partial charge in [-0.1, -0.05) is 0 Å². The van der Waals surface area contributed by atoms with Crippen molar-refractivity contribution in [3.05, 3.63) is 35.9 Å². The predicted octanol–water partition coefficient (Wildman–Crippen LogP) is 2.26. The van der Waals surface area contributed by atoms with Crippen LogP contribution in [0, 0.1) is 18.8 Å². The van der Waals surface area contributed by atoms with Crippen LogP contribution in [0.3, 0.4) is 0 Å². The van der Waals surface area contributed by atoms with E-state index >= 15 is 0 Å². The van der Waals surface area contributed by atoms with Crippen LogP contribution in [0.25, 0.3) is 0 Å². The number of hydrogen-bond acceptors (Lipinski definition) is 6. The molecule has 0 amide bonds. The van der Waals surface area contributed by atoms with Gasteiger partial charge in [-0.25, -0.2) is 15.0 Å². The predicted molar refractivity (Wildman–Crippen MR) is 94.6 cm³/mol. The smallest absolute Gasteiger partial charge is 0.191 e. The van der Waals surface area contributed by atoms with E-state index in [1.165, 1.54) is 31.6 Å². The lowest BCUT2D eigenvalue weighted by Gasteiger charge is -2.22. The Morgan fingerprint density at radius 1 is 1.08 bits per heavy atom. The van der Waals surface area contributed by atoms with Crippen molar-refractivity contribution in [1.82, 2.24) is 19.9 Å². The minimum Gasteiger partial charge on any atom is -0.446 e. The van der Waals surface area contributed by atoms with Gasteiger partial charge in [0.25, 0.3) is 0 Å². The summed E-state index contributed by atoms with van der Waals surface area (Å²) in [5.74, 6) is 5.12. The Hall–Kier alpha value is -1.95. The van der Waals surface area contributed by atoms with Crippen molar-refractivity contribution in [2.45, 2.75) is 32.1 Å². The first-order valence-corrected chi connectivity index (χ1v) is 9.45. The lowest BCUT2D eigenvalue weighted by molar-refractivity contribution is 0.309. The number of aryl methyl sites for hydroxylation is 1. The molecule has 4 heterocycles. The molecule has 0 aromatic carbocycles. The van der Waals surface area contributed by atoms with E-state index in [1.54, 1.807) is 6.33 Å². The molecule has 3 aliphatic rings. The zero-order valence-corrected chi connectivity index (χ0v) is 14.8. The number of nitrogens with zero attached hydrogens (tertiary/aromatic N) is 5. The molecule has 1 aliphatic carbocycles. The third-order valence-corrected chi connectivity index (χ3v) is 5.90. The summed E-state index contributed by atoms with van der Waals surface area (Å²) in [7, 11) is 0. The van der Waals surface area contributed by atoms with Gasteiger partial charge < -0.3 is 14.2 Å². The molecule has 2 saturated heterocycles. The van der Waals surface area contributed by atoms with Crippen LogP contribution in [0.4, 0.5) is 5.82 Å². The minimum atomic E-state index is 0.694. The van der Waals surface area contributed by atoms with Crippen LogP contribution in [-0.4, -0.2) is 52.6 Å². The van der Waals surface area contributed by atoms with Crippen molar-refractivity contribution in [2.24, 2.45) is 11.8 Å². The second kappa shape index (κ2) is 6.09. The van der Waals surface area contributed by atoms with Crippen LogP contribution >= 0.6 is 0 Å². The molecule has 2 unspecified atom stereocenters. The molecule has 6 heteroatoms. The standard InChI is InChI=1S/C19H25N5O/c1-13-20-7-17(25-13)4-5-23-8-15-10-24(11-16(15)9-23)19-6-18(14-2-3-14)21-12-22-19/h6-7,12,14-16H,2-5,8-11H2,1H3. The Labute approximate surface area is 148 Å². The third-order valence-electron chi connectivity index (χ3n) is 5.90. The van der Waals surface area contributed by atoms with Crippen molar-refractivity contribution in [3.63, 3.8) is 0 Å². The Bertz CT molecular complexity index is 742. The monoisotopic (exact) mass is 339 g/mol. The van der Waals surface area contributed by atoms with Crippen LogP contribution in [0.15, 0.2) is 23.0 Å². The van der Waals surface area contributed by atoms with E-state index in [4.69, 9.17) is 4.42 Å². The quantitative estimate of drug-likeness (QED) is 0.833. The fourth-order valence-corrected chi connectivity index (χ4v) is 4.39. The van der Waals surface area contributed by atoms with Crippen molar-refractivity contribution in [2.75, 3.05) is 37.6 Å². The molecule has 1 saturated carbocycles. The second-order valence-corrected chi connectivity index (χ2v) is 7.86. The molecule has 2 atom stereocenters. The maximum atomic E-state index is 5.59. The molecule has 0 bridgehead atoms. The highest BCUT2D eigenvalue weighted by atomic mass is 16.3. The fourth-order valence-electron chi connectivity index (χ4n) is 4.39. The van der Waals surface area contributed by atoms with Gasteiger partial charge in [-0.2, -0.15) is 0 Å².